The van der Waals surface area contributed by atoms with E-state index in [4.69, 9.17) is 4.74 Å². The molecule has 3 heterocycles. The summed E-state index contributed by atoms with van der Waals surface area (Å²) in [5.74, 6) is 0.307. The maximum absolute atomic E-state index is 12.4. The predicted octanol–water partition coefficient (Wildman–Crippen LogP) is 1.74. The van der Waals surface area contributed by atoms with Crippen LogP contribution in [-0.2, 0) is 16.1 Å². The molecular formula is C15H15NO2. The molecule has 3 atom stereocenters. The summed E-state index contributed by atoms with van der Waals surface area (Å²) in [7, 11) is 0. The second kappa shape index (κ2) is 3.45. The van der Waals surface area contributed by atoms with Crippen molar-refractivity contribution in [3.8, 4) is 0 Å². The fourth-order valence-corrected chi connectivity index (χ4v) is 3.43. The molecule has 92 valence electrons. The average molecular weight is 241 g/mol. The van der Waals surface area contributed by atoms with E-state index in [-0.39, 0.29) is 23.5 Å². The van der Waals surface area contributed by atoms with Gasteiger partial charge in [-0.25, -0.2) is 0 Å². The third-order valence-corrected chi connectivity index (χ3v) is 4.29. The molecule has 1 aromatic rings. The lowest BCUT2D eigenvalue weighted by atomic mass is 9.86. The number of rotatable bonds is 2. The molecule has 3 aliphatic rings. The number of amides is 1. The van der Waals surface area contributed by atoms with Crippen LogP contribution in [0.3, 0.4) is 0 Å². The van der Waals surface area contributed by atoms with Gasteiger partial charge in [-0.2, -0.15) is 0 Å². The fourth-order valence-electron chi connectivity index (χ4n) is 3.43. The Kier molecular flexibility index (Phi) is 1.98. The van der Waals surface area contributed by atoms with E-state index in [2.05, 4.69) is 24.3 Å². The van der Waals surface area contributed by atoms with Crippen LogP contribution in [0.15, 0.2) is 42.5 Å². The summed E-state index contributed by atoms with van der Waals surface area (Å²) in [6.07, 6.45) is 5.25. The van der Waals surface area contributed by atoms with Gasteiger partial charge in [0.1, 0.15) is 5.60 Å². The Balaban J connectivity index is 1.59. The molecule has 1 unspecified atom stereocenters. The molecule has 0 aromatic heterocycles. The van der Waals surface area contributed by atoms with Gasteiger partial charge in [-0.1, -0.05) is 42.5 Å². The Morgan fingerprint density at radius 1 is 1.33 bits per heavy atom. The van der Waals surface area contributed by atoms with Crippen molar-refractivity contribution < 1.29 is 9.53 Å². The van der Waals surface area contributed by atoms with E-state index in [0.29, 0.717) is 13.1 Å². The maximum atomic E-state index is 12.4. The van der Waals surface area contributed by atoms with Crippen LogP contribution in [0.5, 0.6) is 0 Å². The Morgan fingerprint density at radius 3 is 2.89 bits per heavy atom. The molecule has 3 heteroatoms. The maximum Gasteiger partial charge on any atom is 0.229 e. The summed E-state index contributed by atoms with van der Waals surface area (Å²) in [5, 5.41) is 0. The molecule has 0 N–H and O–H groups in total. The highest BCUT2D eigenvalue weighted by Crippen LogP contribution is 2.48. The van der Waals surface area contributed by atoms with Crippen molar-refractivity contribution in [3.05, 3.63) is 48.0 Å². The first-order valence-electron chi connectivity index (χ1n) is 6.47. The topological polar surface area (TPSA) is 29.5 Å². The van der Waals surface area contributed by atoms with Crippen LogP contribution in [0.2, 0.25) is 0 Å². The second-order valence-electron chi connectivity index (χ2n) is 5.44. The highest BCUT2D eigenvalue weighted by molar-refractivity contribution is 5.84. The molecule has 0 radical (unpaired) electrons. The molecular weight excluding hydrogens is 226 g/mol. The van der Waals surface area contributed by atoms with Gasteiger partial charge in [-0.3, -0.25) is 4.79 Å². The van der Waals surface area contributed by atoms with Crippen molar-refractivity contribution >= 4 is 5.91 Å². The van der Waals surface area contributed by atoms with E-state index in [1.165, 1.54) is 5.56 Å². The Hall–Kier alpha value is -1.61. The standard InChI is InChI=1S/C15H15NO2/c17-14-13-8-12-6-7-15(13,18-12)10-16(14)9-11-4-2-1-3-5-11/h1-7,12-13H,8-10H2/t12-,13?,15-/m0/s1. The second-order valence-corrected chi connectivity index (χ2v) is 5.44. The predicted molar refractivity (Wildman–Crippen MR) is 66.7 cm³/mol. The first-order valence-corrected chi connectivity index (χ1v) is 6.47. The molecule has 2 bridgehead atoms. The van der Waals surface area contributed by atoms with Crippen molar-refractivity contribution in [2.24, 2.45) is 5.92 Å². The lowest BCUT2D eigenvalue weighted by Crippen LogP contribution is -2.32. The molecule has 1 amide bonds. The van der Waals surface area contributed by atoms with Gasteiger partial charge in [0, 0.05) is 6.54 Å². The molecule has 3 aliphatic heterocycles. The molecule has 1 aromatic carbocycles. The average Bonchev–Trinajstić information content (AvgIpc) is 3.02. The molecule has 0 saturated carbocycles. The molecule has 1 spiro atoms. The third kappa shape index (κ3) is 1.31. The minimum Gasteiger partial charge on any atom is -0.361 e. The highest BCUT2D eigenvalue weighted by Gasteiger charge is 2.59. The molecule has 4 rings (SSSR count). The van der Waals surface area contributed by atoms with E-state index >= 15 is 0 Å². The molecule has 18 heavy (non-hydrogen) atoms. The lowest BCUT2D eigenvalue weighted by Gasteiger charge is -2.21. The van der Waals surface area contributed by atoms with Crippen LogP contribution in [0.1, 0.15) is 12.0 Å². The van der Waals surface area contributed by atoms with Gasteiger partial charge in [0.2, 0.25) is 5.91 Å². The van der Waals surface area contributed by atoms with Gasteiger partial charge < -0.3 is 9.64 Å². The van der Waals surface area contributed by atoms with Crippen LogP contribution in [0.25, 0.3) is 0 Å². The van der Waals surface area contributed by atoms with E-state index in [9.17, 15) is 4.79 Å². The smallest absolute Gasteiger partial charge is 0.229 e. The van der Waals surface area contributed by atoms with Gasteiger partial charge in [-0.15, -0.1) is 0 Å². The quantitative estimate of drug-likeness (QED) is 0.738. The molecule has 2 saturated heterocycles. The number of carbonyl (C=O) groups excluding carboxylic acids is 1. The minimum absolute atomic E-state index is 0.0520. The van der Waals surface area contributed by atoms with E-state index in [1.807, 2.05) is 23.1 Å². The van der Waals surface area contributed by atoms with Crippen LogP contribution in [0.4, 0.5) is 0 Å². The summed E-state index contributed by atoms with van der Waals surface area (Å²) in [6, 6.07) is 10.1. The summed E-state index contributed by atoms with van der Waals surface area (Å²) in [6.45, 7) is 1.40. The number of ether oxygens (including phenoxy) is 1. The third-order valence-electron chi connectivity index (χ3n) is 4.29. The largest absolute Gasteiger partial charge is 0.361 e. The number of carbonyl (C=O) groups is 1. The van der Waals surface area contributed by atoms with Crippen molar-refractivity contribution in [2.45, 2.75) is 24.7 Å². The van der Waals surface area contributed by atoms with Gasteiger partial charge in [0.05, 0.1) is 18.6 Å². The number of nitrogens with zero attached hydrogens (tertiary/aromatic N) is 1. The molecule has 3 nitrogen and oxygen atoms in total. The zero-order valence-corrected chi connectivity index (χ0v) is 10.1. The van der Waals surface area contributed by atoms with Crippen molar-refractivity contribution in [1.29, 1.82) is 0 Å². The Bertz CT molecular complexity index is 525. The summed E-state index contributed by atoms with van der Waals surface area (Å²) < 4.78 is 5.95. The van der Waals surface area contributed by atoms with Crippen LogP contribution < -0.4 is 0 Å². The van der Waals surface area contributed by atoms with Crippen LogP contribution >= 0.6 is 0 Å². The number of fused-ring (bicyclic) bond motifs is 1. The zero-order chi connectivity index (χ0) is 12.2. The first kappa shape index (κ1) is 10.3. The van der Waals surface area contributed by atoms with Crippen molar-refractivity contribution in [2.75, 3.05) is 6.54 Å². The Labute approximate surface area is 106 Å². The lowest BCUT2D eigenvalue weighted by molar-refractivity contribution is -0.131. The van der Waals surface area contributed by atoms with Gasteiger partial charge in [0.15, 0.2) is 0 Å². The monoisotopic (exact) mass is 241 g/mol. The van der Waals surface area contributed by atoms with Gasteiger partial charge >= 0.3 is 0 Å². The van der Waals surface area contributed by atoms with Gasteiger partial charge in [0.25, 0.3) is 0 Å². The van der Waals surface area contributed by atoms with Crippen LogP contribution in [0, 0.1) is 5.92 Å². The SMILES string of the molecule is O=C1C2C[C@@H]3C=C[C@@]2(CN1Cc1ccccc1)O3. The number of benzene rings is 1. The normalized spacial score (nSPS) is 36.4. The summed E-state index contributed by atoms with van der Waals surface area (Å²) in [4.78, 5) is 14.3. The van der Waals surface area contributed by atoms with Crippen molar-refractivity contribution in [3.63, 3.8) is 0 Å². The summed E-state index contributed by atoms with van der Waals surface area (Å²) in [5.41, 5.74) is 0.872. The van der Waals surface area contributed by atoms with E-state index in [1.54, 1.807) is 0 Å². The zero-order valence-electron chi connectivity index (χ0n) is 10.1. The number of likely N-dealkylation sites (tertiary alicyclic amines) is 1. The Morgan fingerprint density at radius 2 is 2.17 bits per heavy atom. The van der Waals surface area contributed by atoms with E-state index in [0.717, 1.165) is 6.42 Å². The highest BCUT2D eigenvalue weighted by atomic mass is 16.5. The van der Waals surface area contributed by atoms with Crippen LogP contribution in [-0.4, -0.2) is 29.1 Å². The number of hydrogen-bond acceptors (Lipinski definition) is 2. The first-order chi connectivity index (χ1) is 8.77. The number of hydrogen-bond donors (Lipinski definition) is 0. The van der Waals surface area contributed by atoms with Gasteiger partial charge in [-0.05, 0) is 12.0 Å². The molecule has 0 aliphatic carbocycles. The fraction of sp³-hybridized carbons (Fsp3) is 0.400. The summed E-state index contributed by atoms with van der Waals surface area (Å²) >= 11 is 0. The minimum atomic E-state index is -0.309. The van der Waals surface area contributed by atoms with Crippen molar-refractivity contribution in [1.82, 2.24) is 4.90 Å². The molecule has 2 fully saturated rings. The van der Waals surface area contributed by atoms with E-state index < -0.39 is 0 Å².